The first-order valence-electron chi connectivity index (χ1n) is 6.59. The highest BCUT2D eigenvalue weighted by atomic mass is 32.2. The molecule has 2 aromatic carbocycles. The van der Waals surface area contributed by atoms with Gasteiger partial charge in [-0.15, -0.1) is 9.66 Å². The summed E-state index contributed by atoms with van der Waals surface area (Å²) in [5.74, 6) is -2.58. The van der Waals surface area contributed by atoms with Crippen LogP contribution in [0, 0.1) is 25.5 Å². The highest BCUT2D eigenvalue weighted by Crippen LogP contribution is 2.17. The van der Waals surface area contributed by atoms with Crippen molar-refractivity contribution in [3.05, 3.63) is 59.2 Å². The van der Waals surface area contributed by atoms with Crippen LogP contribution in [0.1, 0.15) is 11.1 Å². The van der Waals surface area contributed by atoms with Crippen LogP contribution in [-0.2, 0) is 20.0 Å². The average Bonchev–Trinajstić information content (AvgIpc) is 2.50. The minimum Gasteiger partial charge on any atom is -0.206 e. The average molecular weight is 376 g/mol. The standard InChI is InChI=1S/C14H14F2N2O4S2/c1-9-3-4-10(2)14(7-9)24(21,22)18-17-23(19,20)11-5-6-12(15)13(16)8-11/h3-8,17-18H,1-2H3. The van der Waals surface area contributed by atoms with Gasteiger partial charge in [0.15, 0.2) is 11.6 Å². The van der Waals surface area contributed by atoms with Gasteiger partial charge >= 0.3 is 0 Å². The lowest BCUT2D eigenvalue weighted by Gasteiger charge is -2.11. The first-order chi connectivity index (χ1) is 11.0. The van der Waals surface area contributed by atoms with Gasteiger partial charge in [-0.05, 0) is 49.2 Å². The maximum absolute atomic E-state index is 13.1. The van der Waals surface area contributed by atoms with Crippen LogP contribution in [0.25, 0.3) is 0 Å². The van der Waals surface area contributed by atoms with E-state index in [1.807, 2.05) is 0 Å². The third-order valence-electron chi connectivity index (χ3n) is 3.14. The third-order valence-corrected chi connectivity index (χ3v) is 5.91. The Kier molecular flexibility index (Phi) is 5.04. The van der Waals surface area contributed by atoms with Crippen LogP contribution in [0.15, 0.2) is 46.2 Å². The van der Waals surface area contributed by atoms with Gasteiger partial charge in [0.25, 0.3) is 20.0 Å². The molecule has 130 valence electrons. The number of halogens is 2. The Labute approximate surface area is 138 Å². The van der Waals surface area contributed by atoms with Crippen molar-refractivity contribution >= 4 is 20.0 Å². The molecule has 0 aliphatic heterocycles. The number of hydrogen-bond acceptors (Lipinski definition) is 4. The van der Waals surface area contributed by atoms with Crippen molar-refractivity contribution in [1.29, 1.82) is 0 Å². The van der Waals surface area contributed by atoms with Crippen molar-refractivity contribution < 1.29 is 25.6 Å². The van der Waals surface area contributed by atoms with Crippen LogP contribution in [0.5, 0.6) is 0 Å². The maximum Gasteiger partial charge on any atom is 0.254 e. The predicted molar refractivity (Wildman–Crippen MR) is 82.9 cm³/mol. The zero-order chi connectivity index (χ0) is 18.1. The lowest BCUT2D eigenvalue weighted by molar-refractivity contribution is 0.504. The summed E-state index contributed by atoms with van der Waals surface area (Å²) >= 11 is 0. The summed E-state index contributed by atoms with van der Waals surface area (Å²) < 4.78 is 74.5. The summed E-state index contributed by atoms with van der Waals surface area (Å²) in [4.78, 5) is 2.67. The minimum atomic E-state index is -4.41. The van der Waals surface area contributed by atoms with E-state index in [4.69, 9.17) is 0 Å². The molecule has 0 saturated carbocycles. The van der Waals surface area contributed by atoms with Crippen molar-refractivity contribution in [3.8, 4) is 0 Å². The zero-order valence-electron chi connectivity index (χ0n) is 12.7. The largest absolute Gasteiger partial charge is 0.254 e. The van der Waals surface area contributed by atoms with Gasteiger partial charge in [0.05, 0.1) is 9.79 Å². The quantitative estimate of drug-likeness (QED) is 0.778. The number of benzene rings is 2. The Morgan fingerprint density at radius 3 is 2.04 bits per heavy atom. The summed E-state index contributed by atoms with van der Waals surface area (Å²) in [6.07, 6.45) is 0. The fourth-order valence-electron chi connectivity index (χ4n) is 1.86. The highest BCUT2D eigenvalue weighted by Gasteiger charge is 2.22. The molecule has 0 unspecified atom stereocenters. The Balaban J connectivity index is 2.28. The molecule has 24 heavy (non-hydrogen) atoms. The van der Waals surface area contributed by atoms with Crippen LogP contribution in [-0.4, -0.2) is 16.8 Å². The van der Waals surface area contributed by atoms with Gasteiger partial charge in [0, 0.05) is 0 Å². The molecule has 10 heteroatoms. The summed E-state index contributed by atoms with van der Waals surface area (Å²) in [6, 6.07) is 6.55. The predicted octanol–water partition coefficient (Wildman–Crippen LogP) is 1.75. The summed E-state index contributed by atoms with van der Waals surface area (Å²) in [5, 5.41) is 0. The molecular formula is C14H14F2N2O4S2. The molecule has 0 aliphatic rings. The van der Waals surface area contributed by atoms with Gasteiger partial charge in [-0.25, -0.2) is 25.6 Å². The van der Waals surface area contributed by atoms with Gasteiger partial charge in [0.1, 0.15) is 0 Å². The van der Waals surface area contributed by atoms with Crippen molar-refractivity contribution in [3.63, 3.8) is 0 Å². The van der Waals surface area contributed by atoms with Crippen LogP contribution in [0.4, 0.5) is 8.78 Å². The Morgan fingerprint density at radius 1 is 0.792 bits per heavy atom. The molecule has 2 aromatic rings. The second-order valence-corrected chi connectivity index (χ2v) is 8.39. The summed E-state index contributed by atoms with van der Waals surface area (Å²) in [7, 11) is -8.59. The molecule has 6 nitrogen and oxygen atoms in total. The van der Waals surface area contributed by atoms with Crippen molar-refractivity contribution in [2.45, 2.75) is 23.6 Å². The molecule has 0 atom stereocenters. The molecule has 0 fully saturated rings. The van der Waals surface area contributed by atoms with Crippen molar-refractivity contribution in [1.82, 2.24) is 9.66 Å². The molecule has 2 rings (SSSR count). The molecule has 0 radical (unpaired) electrons. The molecule has 0 bridgehead atoms. The Bertz CT molecular complexity index is 990. The van der Waals surface area contributed by atoms with Gasteiger partial charge in [-0.1, -0.05) is 12.1 Å². The van der Waals surface area contributed by atoms with Crippen LogP contribution in [0.3, 0.4) is 0 Å². The van der Waals surface area contributed by atoms with Crippen LogP contribution < -0.4 is 9.66 Å². The molecule has 0 heterocycles. The minimum absolute atomic E-state index is 0.101. The lowest BCUT2D eigenvalue weighted by atomic mass is 10.2. The van der Waals surface area contributed by atoms with E-state index >= 15 is 0 Å². The Morgan fingerprint density at radius 2 is 1.42 bits per heavy atom. The number of hydrazine groups is 1. The molecule has 0 aromatic heterocycles. The number of hydrogen-bond donors (Lipinski definition) is 2. The van der Waals surface area contributed by atoms with E-state index < -0.39 is 36.6 Å². The number of nitrogens with one attached hydrogen (secondary N) is 2. The molecule has 0 aliphatic carbocycles. The summed E-state index contributed by atoms with van der Waals surface area (Å²) in [5.41, 5.74) is 1.09. The molecule has 0 amide bonds. The number of sulfonamides is 2. The molecule has 0 spiro atoms. The van der Waals surface area contributed by atoms with E-state index in [0.717, 1.165) is 6.07 Å². The lowest BCUT2D eigenvalue weighted by Crippen LogP contribution is -2.41. The Hall–Kier alpha value is -1.88. The van der Waals surface area contributed by atoms with Gasteiger partial charge in [-0.3, -0.25) is 0 Å². The topological polar surface area (TPSA) is 92.3 Å². The number of aryl methyl sites for hydroxylation is 2. The zero-order valence-corrected chi connectivity index (χ0v) is 14.3. The van der Waals surface area contributed by atoms with Crippen LogP contribution in [0.2, 0.25) is 0 Å². The molecule has 2 N–H and O–H groups in total. The summed E-state index contributed by atoms with van der Waals surface area (Å²) in [6.45, 7) is 3.24. The van der Waals surface area contributed by atoms with Crippen molar-refractivity contribution in [2.75, 3.05) is 0 Å². The van der Waals surface area contributed by atoms with Crippen molar-refractivity contribution in [2.24, 2.45) is 0 Å². The SMILES string of the molecule is Cc1ccc(C)c(S(=O)(=O)NNS(=O)(=O)c2ccc(F)c(F)c2)c1. The fourth-order valence-corrected chi connectivity index (χ4v) is 4.31. The maximum atomic E-state index is 13.1. The van der Waals surface area contributed by atoms with E-state index in [2.05, 4.69) is 0 Å². The first-order valence-corrected chi connectivity index (χ1v) is 9.55. The molecule has 0 saturated heterocycles. The van der Waals surface area contributed by atoms with E-state index in [0.29, 0.717) is 23.3 Å². The monoisotopic (exact) mass is 376 g/mol. The van der Waals surface area contributed by atoms with E-state index in [1.54, 1.807) is 35.6 Å². The fraction of sp³-hybridized carbons (Fsp3) is 0.143. The number of rotatable bonds is 5. The van der Waals surface area contributed by atoms with E-state index in [1.165, 1.54) is 6.07 Å². The smallest absolute Gasteiger partial charge is 0.206 e. The molecular weight excluding hydrogens is 362 g/mol. The van der Waals surface area contributed by atoms with Gasteiger partial charge < -0.3 is 0 Å². The third kappa shape index (κ3) is 3.96. The van der Waals surface area contributed by atoms with Gasteiger partial charge in [-0.2, -0.15) is 0 Å². The normalized spacial score (nSPS) is 12.3. The first kappa shape index (κ1) is 18.5. The van der Waals surface area contributed by atoms with E-state index in [-0.39, 0.29) is 4.90 Å². The second kappa shape index (κ2) is 6.55. The van der Waals surface area contributed by atoms with Crippen LogP contribution >= 0.6 is 0 Å². The van der Waals surface area contributed by atoms with E-state index in [9.17, 15) is 25.6 Å². The highest BCUT2D eigenvalue weighted by molar-refractivity contribution is 7.92. The van der Waals surface area contributed by atoms with Gasteiger partial charge in [0.2, 0.25) is 0 Å². The second-order valence-electron chi connectivity index (χ2n) is 5.06.